The molecule has 0 bridgehead atoms. The standard InChI is InChI=1S/C42H83N2O6P/c1-6-8-10-12-14-16-18-19-20-21-22-23-24-25-26-28-30-32-34-36-42(46)43-40(39-50-51(47,48)49-38-37-44(3,4)5)41(45)35-33-31-29-27-17-15-13-11-9-7-2/h29,31,33,35,40-41,45H,6-28,30,32,34,36-39H2,1-5H3,(H-,43,46,47,48)/p+1/b31-29+,35-33+/t40-,41+/m0/s1. The minimum Gasteiger partial charge on any atom is -0.387 e. The third kappa shape index (κ3) is 37.1. The van der Waals surface area contributed by atoms with Gasteiger partial charge in [-0.25, -0.2) is 4.57 Å². The summed E-state index contributed by atoms with van der Waals surface area (Å²) < 4.78 is 23.4. The molecule has 0 aliphatic carbocycles. The molecule has 302 valence electrons. The van der Waals surface area contributed by atoms with Crippen molar-refractivity contribution in [3.05, 3.63) is 24.3 Å². The molecule has 0 aliphatic heterocycles. The number of unbranched alkanes of at least 4 members (excludes halogenated alkanes) is 24. The number of quaternary nitrogens is 1. The average molecular weight is 744 g/mol. The number of rotatable bonds is 38. The summed E-state index contributed by atoms with van der Waals surface area (Å²) in [4.78, 5) is 23.0. The summed E-state index contributed by atoms with van der Waals surface area (Å²) in [6.45, 7) is 4.75. The molecule has 0 saturated carbocycles. The monoisotopic (exact) mass is 744 g/mol. The second-order valence-corrected chi connectivity index (χ2v) is 17.2. The Balaban J connectivity index is 4.35. The van der Waals surface area contributed by atoms with Crippen molar-refractivity contribution >= 4 is 13.7 Å². The normalized spacial score (nSPS) is 14.7. The Hall–Kier alpha value is -1.02. The minimum atomic E-state index is -4.34. The van der Waals surface area contributed by atoms with E-state index >= 15 is 0 Å². The largest absolute Gasteiger partial charge is 0.472 e. The number of aliphatic hydroxyl groups excluding tert-OH is 1. The van der Waals surface area contributed by atoms with E-state index in [2.05, 4.69) is 25.2 Å². The highest BCUT2D eigenvalue weighted by Gasteiger charge is 2.27. The fourth-order valence-corrected chi connectivity index (χ4v) is 6.78. The zero-order valence-corrected chi connectivity index (χ0v) is 35.0. The molecule has 51 heavy (non-hydrogen) atoms. The Morgan fingerprint density at radius 3 is 1.55 bits per heavy atom. The molecule has 1 unspecified atom stereocenters. The number of hydrogen-bond acceptors (Lipinski definition) is 5. The molecule has 3 N–H and O–H groups in total. The van der Waals surface area contributed by atoms with Crippen LogP contribution in [0.15, 0.2) is 24.3 Å². The highest BCUT2D eigenvalue weighted by Crippen LogP contribution is 2.43. The van der Waals surface area contributed by atoms with Crippen LogP contribution in [-0.4, -0.2) is 73.4 Å². The molecule has 1 amide bonds. The lowest BCUT2D eigenvalue weighted by molar-refractivity contribution is -0.870. The predicted molar refractivity (Wildman–Crippen MR) is 217 cm³/mol. The summed E-state index contributed by atoms with van der Waals surface area (Å²) in [5.41, 5.74) is 0. The van der Waals surface area contributed by atoms with Gasteiger partial charge in [-0.1, -0.05) is 186 Å². The van der Waals surface area contributed by atoms with Gasteiger partial charge in [0.15, 0.2) is 0 Å². The van der Waals surface area contributed by atoms with Crippen molar-refractivity contribution in [3.63, 3.8) is 0 Å². The van der Waals surface area contributed by atoms with Gasteiger partial charge in [-0.15, -0.1) is 0 Å². The SMILES string of the molecule is CCCCCCCC/C=C/C=C/[C@@H](O)[C@H](COP(=O)(O)OCC[N+](C)(C)C)NC(=O)CCCCCCCCCCCCCCCCCCCCC. The Morgan fingerprint density at radius 2 is 1.10 bits per heavy atom. The second kappa shape index (κ2) is 34.7. The highest BCUT2D eigenvalue weighted by atomic mass is 31.2. The summed E-state index contributed by atoms with van der Waals surface area (Å²) in [6.07, 6.45) is 39.8. The smallest absolute Gasteiger partial charge is 0.387 e. The number of hydrogen-bond donors (Lipinski definition) is 3. The molecule has 0 spiro atoms. The predicted octanol–water partition coefficient (Wildman–Crippen LogP) is 11.4. The van der Waals surface area contributed by atoms with Crippen molar-refractivity contribution in [2.24, 2.45) is 0 Å². The third-order valence-electron chi connectivity index (χ3n) is 9.48. The first kappa shape index (κ1) is 50.0. The number of aliphatic hydroxyl groups is 1. The number of likely N-dealkylation sites (N-methyl/N-ethyl adjacent to an activating group) is 1. The van der Waals surface area contributed by atoms with Gasteiger partial charge in [-0.2, -0.15) is 0 Å². The first-order valence-electron chi connectivity index (χ1n) is 21.2. The first-order valence-corrected chi connectivity index (χ1v) is 22.7. The summed E-state index contributed by atoms with van der Waals surface area (Å²) in [6, 6.07) is -0.872. The maximum Gasteiger partial charge on any atom is 0.472 e. The van der Waals surface area contributed by atoms with E-state index < -0.39 is 20.0 Å². The van der Waals surface area contributed by atoms with Crippen LogP contribution in [0.2, 0.25) is 0 Å². The first-order chi connectivity index (χ1) is 24.5. The van der Waals surface area contributed by atoms with Crippen LogP contribution in [0.1, 0.15) is 187 Å². The average Bonchev–Trinajstić information content (AvgIpc) is 3.07. The summed E-state index contributed by atoms with van der Waals surface area (Å²) in [5.74, 6) is -0.194. The van der Waals surface area contributed by atoms with Crippen molar-refractivity contribution < 1.29 is 32.9 Å². The van der Waals surface area contributed by atoms with Gasteiger partial charge < -0.3 is 19.8 Å². The van der Waals surface area contributed by atoms with Crippen molar-refractivity contribution in [1.82, 2.24) is 5.32 Å². The zero-order chi connectivity index (χ0) is 37.9. The molecule has 0 aliphatic rings. The van der Waals surface area contributed by atoms with Crippen LogP contribution in [0.4, 0.5) is 0 Å². The summed E-state index contributed by atoms with van der Waals surface area (Å²) in [5, 5.41) is 13.7. The molecule has 9 heteroatoms. The van der Waals surface area contributed by atoms with Crippen molar-refractivity contribution in [2.75, 3.05) is 40.9 Å². The lowest BCUT2D eigenvalue weighted by Crippen LogP contribution is -2.45. The summed E-state index contributed by atoms with van der Waals surface area (Å²) in [7, 11) is 1.55. The number of carbonyl (C=O) groups is 1. The van der Waals surface area contributed by atoms with Crippen LogP contribution in [0.3, 0.4) is 0 Å². The Kier molecular flexibility index (Phi) is 34.0. The molecule has 3 atom stereocenters. The van der Waals surface area contributed by atoms with Gasteiger partial charge >= 0.3 is 7.82 Å². The van der Waals surface area contributed by atoms with E-state index in [9.17, 15) is 19.4 Å². The van der Waals surface area contributed by atoms with Crippen LogP contribution in [0, 0.1) is 0 Å². The van der Waals surface area contributed by atoms with E-state index in [4.69, 9.17) is 9.05 Å². The Bertz CT molecular complexity index is 891. The molecule has 0 aromatic rings. The maximum absolute atomic E-state index is 12.8. The topological polar surface area (TPSA) is 105 Å². The Labute approximate surface area is 315 Å². The molecule has 0 heterocycles. The van der Waals surface area contributed by atoms with Gasteiger partial charge in [-0.3, -0.25) is 13.8 Å². The van der Waals surface area contributed by atoms with E-state index in [1.807, 2.05) is 27.2 Å². The van der Waals surface area contributed by atoms with Crippen molar-refractivity contribution in [2.45, 2.75) is 199 Å². The molecule has 8 nitrogen and oxygen atoms in total. The molecule has 0 saturated heterocycles. The summed E-state index contributed by atoms with van der Waals surface area (Å²) >= 11 is 0. The van der Waals surface area contributed by atoms with Crippen LogP contribution >= 0.6 is 7.82 Å². The number of allylic oxidation sites excluding steroid dienone is 3. The number of nitrogens with one attached hydrogen (secondary N) is 1. The molecular formula is C42H84N2O6P+. The van der Waals surface area contributed by atoms with Crippen LogP contribution in [0.25, 0.3) is 0 Å². The van der Waals surface area contributed by atoms with Gasteiger partial charge in [0.25, 0.3) is 0 Å². The van der Waals surface area contributed by atoms with E-state index in [0.29, 0.717) is 17.4 Å². The van der Waals surface area contributed by atoms with Gasteiger partial charge in [0.05, 0.1) is 39.9 Å². The zero-order valence-electron chi connectivity index (χ0n) is 34.1. The van der Waals surface area contributed by atoms with Crippen molar-refractivity contribution in [3.8, 4) is 0 Å². The number of amides is 1. The third-order valence-corrected chi connectivity index (χ3v) is 10.5. The van der Waals surface area contributed by atoms with Crippen molar-refractivity contribution in [1.29, 1.82) is 0 Å². The maximum atomic E-state index is 12.8. The van der Waals surface area contributed by atoms with Gasteiger partial charge in [-0.05, 0) is 19.3 Å². The molecule has 0 fully saturated rings. The van der Waals surface area contributed by atoms with Crippen LogP contribution < -0.4 is 5.32 Å². The highest BCUT2D eigenvalue weighted by molar-refractivity contribution is 7.47. The van der Waals surface area contributed by atoms with E-state index in [-0.39, 0.29) is 19.1 Å². The van der Waals surface area contributed by atoms with E-state index in [1.54, 1.807) is 12.2 Å². The molecule has 0 aromatic heterocycles. The lowest BCUT2D eigenvalue weighted by atomic mass is 10.0. The number of nitrogens with zero attached hydrogens (tertiary/aromatic N) is 1. The number of carbonyl (C=O) groups excluding carboxylic acids is 1. The van der Waals surface area contributed by atoms with E-state index in [0.717, 1.165) is 32.1 Å². The second-order valence-electron chi connectivity index (χ2n) is 15.8. The van der Waals surface area contributed by atoms with Crippen LogP contribution in [0.5, 0.6) is 0 Å². The fraction of sp³-hybridized carbons (Fsp3) is 0.881. The van der Waals surface area contributed by atoms with Gasteiger partial charge in [0.1, 0.15) is 13.2 Å². The molecular weight excluding hydrogens is 659 g/mol. The van der Waals surface area contributed by atoms with Gasteiger partial charge in [0, 0.05) is 6.42 Å². The minimum absolute atomic E-state index is 0.0551. The van der Waals surface area contributed by atoms with Gasteiger partial charge in [0.2, 0.25) is 5.91 Å². The number of phosphoric acid groups is 1. The lowest BCUT2D eigenvalue weighted by Gasteiger charge is -2.25. The molecule has 0 radical (unpaired) electrons. The Morgan fingerprint density at radius 1 is 0.667 bits per heavy atom. The fourth-order valence-electron chi connectivity index (χ4n) is 6.04. The molecule has 0 aromatic carbocycles. The van der Waals surface area contributed by atoms with E-state index in [1.165, 1.54) is 135 Å². The quantitative estimate of drug-likeness (QED) is 0.0252. The molecule has 0 rings (SSSR count). The van der Waals surface area contributed by atoms with Crippen LogP contribution in [-0.2, 0) is 18.4 Å². The number of phosphoric ester groups is 1.